The van der Waals surface area contributed by atoms with Crippen LogP contribution in [0.1, 0.15) is 24.9 Å². The second-order valence-electron chi connectivity index (χ2n) is 4.47. The quantitative estimate of drug-likeness (QED) is 0.834. The van der Waals surface area contributed by atoms with Crippen molar-refractivity contribution in [1.29, 1.82) is 5.26 Å². The van der Waals surface area contributed by atoms with Crippen molar-refractivity contribution in [2.45, 2.75) is 25.4 Å². The molecule has 0 heterocycles. The standard InChI is InChI=1S/C14H21N3O/c1-11(16)14(17(2)10-4-9-15)12-5-7-13(18-3)8-6-12/h5-8,11,14H,4,10,16H2,1-3H3. The smallest absolute Gasteiger partial charge is 0.118 e. The Morgan fingerprint density at radius 1 is 1.39 bits per heavy atom. The molecule has 1 rings (SSSR count). The van der Waals surface area contributed by atoms with Gasteiger partial charge >= 0.3 is 0 Å². The number of nitrogens with zero attached hydrogens (tertiary/aromatic N) is 2. The molecule has 2 unspecified atom stereocenters. The van der Waals surface area contributed by atoms with Gasteiger partial charge in [-0.15, -0.1) is 0 Å². The lowest BCUT2D eigenvalue weighted by atomic mass is 9.99. The van der Waals surface area contributed by atoms with Crippen LogP contribution in [0, 0.1) is 11.3 Å². The maximum Gasteiger partial charge on any atom is 0.118 e. The van der Waals surface area contributed by atoms with E-state index in [0.717, 1.165) is 11.3 Å². The predicted octanol–water partition coefficient (Wildman–Crippen LogP) is 1.93. The van der Waals surface area contributed by atoms with Gasteiger partial charge < -0.3 is 10.5 Å². The average Bonchev–Trinajstić information content (AvgIpc) is 2.37. The summed E-state index contributed by atoms with van der Waals surface area (Å²) in [6.45, 7) is 2.70. The summed E-state index contributed by atoms with van der Waals surface area (Å²) in [6.07, 6.45) is 0.510. The SMILES string of the molecule is COc1ccc(C(C(C)N)N(C)CCC#N)cc1. The van der Waals surface area contributed by atoms with Gasteiger partial charge in [-0.05, 0) is 31.7 Å². The molecule has 2 N–H and O–H groups in total. The molecular weight excluding hydrogens is 226 g/mol. The highest BCUT2D eigenvalue weighted by molar-refractivity contribution is 5.29. The van der Waals surface area contributed by atoms with Crippen molar-refractivity contribution < 1.29 is 4.74 Å². The van der Waals surface area contributed by atoms with Crippen molar-refractivity contribution >= 4 is 0 Å². The van der Waals surface area contributed by atoms with Crippen molar-refractivity contribution in [3.05, 3.63) is 29.8 Å². The van der Waals surface area contributed by atoms with E-state index in [1.54, 1.807) is 7.11 Å². The summed E-state index contributed by atoms with van der Waals surface area (Å²) in [6, 6.07) is 10.2. The Bertz CT molecular complexity index is 394. The second-order valence-corrected chi connectivity index (χ2v) is 4.47. The molecule has 0 saturated carbocycles. The van der Waals surface area contributed by atoms with Crippen molar-refractivity contribution in [2.75, 3.05) is 20.7 Å². The number of nitrogens with two attached hydrogens (primary N) is 1. The third kappa shape index (κ3) is 3.73. The van der Waals surface area contributed by atoms with Gasteiger partial charge in [0.15, 0.2) is 0 Å². The van der Waals surface area contributed by atoms with Crippen molar-refractivity contribution in [1.82, 2.24) is 4.90 Å². The van der Waals surface area contributed by atoms with Gasteiger partial charge in [-0.25, -0.2) is 0 Å². The van der Waals surface area contributed by atoms with Crippen LogP contribution >= 0.6 is 0 Å². The number of ether oxygens (including phenoxy) is 1. The monoisotopic (exact) mass is 247 g/mol. The summed E-state index contributed by atoms with van der Waals surface area (Å²) >= 11 is 0. The van der Waals surface area contributed by atoms with E-state index in [4.69, 9.17) is 15.7 Å². The van der Waals surface area contributed by atoms with Crippen LogP contribution in [0.25, 0.3) is 0 Å². The Hall–Kier alpha value is -1.57. The lowest BCUT2D eigenvalue weighted by Gasteiger charge is -2.31. The van der Waals surface area contributed by atoms with Gasteiger partial charge in [0, 0.05) is 25.0 Å². The molecule has 1 aromatic carbocycles. The molecule has 0 fully saturated rings. The Kier molecular flexibility index (Phi) is 5.63. The molecule has 0 spiro atoms. The normalized spacial score (nSPS) is 14.0. The first-order valence-electron chi connectivity index (χ1n) is 6.07. The fourth-order valence-electron chi connectivity index (χ4n) is 2.13. The third-order valence-corrected chi connectivity index (χ3v) is 3.01. The number of hydrogen-bond acceptors (Lipinski definition) is 4. The third-order valence-electron chi connectivity index (χ3n) is 3.01. The zero-order valence-corrected chi connectivity index (χ0v) is 11.3. The molecule has 1 aromatic rings. The maximum atomic E-state index is 8.65. The van der Waals surface area contributed by atoms with Gasteiger partial charge in [-0.3, -0.25) is 4.90 Å². The van der Waals surface area contributed by atoms with Gasteiger partial charge in [-0.2, -0.15) is 5.26 Å². The van der Waals surface area contributed by atoms with Crippen LogP contribution in [0.4, 0.5) is 0 Å². The van der Waals surface area contributed by atoms with Crippen LogP contribution in [0.5, 0.6) is 5.75 Å². The van der Waals surface area contributed by atoms with E-state index in [-0.39, 0.29) is 12.1 Å². The number of likely N-dealkylation sites (N-methyl/N-ethyl adjacent to an activating group) is 1. The summed E-state index contributed by atoms with van der Waals surface area (Å²) in [5, 5.41) is 8.65. The minimum Gasteiger partial charge on any atom is -0.497 e. The zero-order valence-electron chi connectivity index (χ0n) is 11.3. The summed E-state index contributed by atoms with van der Waals surface area (Å²) in [5.41, 5.74) is 7.20. The van der Waals surface area contributed by atoms with E-state index in [9.17, 15) is 0 Å². The molecule has 2 atom stereocenters. The van der Waals surface area contributed by atoms with E-state index < -0.39 is 0 Å². The molecule has 0 aliphatic heterocycles. The number of hydrogen-bond donors (Lipinski definition) is 1. The van der Waals surface area contributed by atoms with Gasteiger partial charge in [0.2, 0.25) is 0 Å². The second kappa shape index (κ2) is 7.00. The van der Waals surface area contributed by atoms with E-state index in [0.29, 0.717) is 13.0 Å². The first-order chi connectivity index (χ1) is 8.60. The van der Waals surface area contributed by atoms with Crippen LogP contribution in [-0.4, -0.2) is 31.6 Å². The summed E-state index contributed by atoms with van der Waals surface area (Å²) < 4.78 is 5.15. The highest BCUT2D eigenvalue weighted by Gasteiger charge is 2.20. The minimum absolute atomic E-state index is 0.00193. The van der Waals surface area contributed by atoms with Gasteiger partial charge in [0.25, 0.3) is 0 Å². The molecular formula is C14H21N3O. The highest BCUT2D eigenvalue weighted by atomic mass is 16.5. The fourth-order valence-corrected chi connectivity index (χ4v) is 2.13. The molecule has 4 heteroatoms. The van der Waals surface area contributed by atoms with E-state index >= 15 is 0 Å². The molecule has 18 heavy (non-hydrogen) atoms. The van der Waals surface area contributed by atoms with Crippen LogP contribution in [0.15, 0.2) is 24.3 Å². The Labute approximate surface area is 109 Å². The average molecular weight is 247 g/mol. The van der Waals surface area contributed by atoms with Gasteiger partial charge in [0.1, 0.15) is 5.75 Å². The summed E-state index contributed by atoms with van der Waals surface area (Å²) in [5.74, 6) is 0.835. The maximum absolute atomic E-state index is 8.65. The topological polar surface area (TPSA) is 62.3 Å². The lowest BCUT2D eigenvalue weighted by molar-refractivity contribution is 0.223. The Morgan fingerprint density at radius 3 is 2.44 bits per heavy atom. The molecule has 0 bridgehead atoms. The first kappa shape index (κ1) is 14.5. The fraction of sp³-hybridized carbons (Fsp3) is 0.500. The lowest BCUT2D eigenvalue weighted by Crippen LogP contribution is -2.37. The van der Waals surface area contributed by atoms with Gasteiger partial charge in [0.05, 0.1) is 13.2 Å². The van der Waals surface area contributed by atoms with E-state index in [2.05, 4.69) is 11.0 Å². The van der Waals surface area contributed by atoms with Crippen LogP contribution in [0.3, 0.4) is 0 Å². The summed E-state index contributed by atoms with van der Waals surface area (Å²) in [4.78, 5) is 2.12. The zero-order chi connectivity index (χ0) is 13.5. The highest BCUT2D eigenvalue weighted by Crippen LogP contribution is 2.24. The van der Waals surface area contributed by atoms with Crippen molar-refractivity contribution in [2.24, 2.45) is 5.73 Å². The number of benzene rings is 1. The number of nitriles is 1. The Morgan fingerprint density at radius 2 is 2.00 bits per heavy atom. The molecule has 4 nitrogen and oxygen atoms in total. The number of methoxy groups -OCH3 is 1. The van der Waals surface area contributed by atoms with Crippen molar-refractivity contribution in [3.8, 4) is 11.8 Å². The first-order valence-corrected chi connectivity index (χ1v) is 6.07. The largest absolute Gasteiger partial charge is 0.497 e. The van der Waals surface area contributed by atoms with Crippen molar-refractivity contribution in [3.63, 3.8) is 0 Å². The molecule has 98 valence electrons. The van der Waals surface area contributed by atoms with Gasteiger partial charge in [-0.1, -0.05) is 12.1 Å². The number of rotatable bonds is 6. The van der Waals surface area contributed by atoms with Crippen LogP contribution in [-0.2, 0) is 0 Å². The van der Waals surface area contributed by atoms with Crippen LogP contribution in [0.2, 0.25) is 0 Å². The molecule has 0 amide bonds. The summed E-state index contributed by atoms with van der Waals surface area (Å²) in [7, 11) is 3.65. The molecule has 0 aliphatic rings. The van der Waals surface area contributed by atoms with Crippen LogP contribution < -0.4 is 10.5 Å². The minimum atomic E-state index is 0.00193. The van der Waals surface area contributed by atoms with E-state index in [1.807, 2.05) is 38.2 Å². The molecule has 0 radical (unpaired) electrons. The molecule has 0 aromatic heterocycles. The predicted molar refractivity (Wildman–Crippen MR) is 72.2 cm³/mol. The molecule has 0 saturated heterocycles. The van der Waals surface area contributed by atoms with E-state index in [1.165, 1.54) is 0 Å². The molecule has 0 aliphatic carbocycles. The Balaban J connectivity index is 2.86.